The number of amides is 1. The van der Waals surface area contributed by atoms with E-state index in [0.29, 0.717) is 19.8 Å². The number of carbonyl (C=O) groups excluding carboxylic acids is 1. The van der Waals surface area contributed by atoms with Crippen LogP contribution in [0.25, 0.3) is 0 Å². The van der Waals surface area contributed by atoms with Gasteiger partial charge in [-0.2, -0.15) is 0 Å². The van der Waals surface area contributed by atoms with Crippen molar-refractivity contribution in [1.82, 2.24) is 5.32 Å². The van der Waals surface area contributed by atoms with E-state index in [2.05, 4.69) is 24.4 Å². The van der Waals surface area contributed by atoms with E-state index in [4.69, 9.17) is 19.9 Å². The van der Waals surface area contributed by atoms with E-state index in [0.717, 1.165) is 23.3 Å². The number of aryl methyl sites for hydroxylation is 1. The second-order valence-electron chi connectivity index (χ2n) is 10.6. The molecule has 2 rings (SSSR count). The van der Waals surface area contributed by atoms with Crippen LogP contribution in [0, 0.1) is 18.8 Å². The lowest BCUT2D eigenvalue weighted by Gasteiger charge is -2.29. The maximum absolute atomic E-state index is 13.1. The lowest BCUT2D eigenvalue weighted by atomic mass is 9.86. The van der Waals surface area contributed by atoms with Crippen LogP contribution in [-0.4, -0.2) is 56.1 Å². The van der Waals surface area contributed by atoms with Crippen LogP contribution >= 0.6 is 0 Å². The molecule has 4 N–H and O–H groups in total. The van der Waals surface area contributed by atoms with Gasteiger partial charge in [-0.05, 0) is 48.9 Å². The maximum atomic E-state index is 13.1. The number of hydrogen-bond acceptors (Lipinski definition) is 6. The van der Waals surface area contributed by atoms with E-state index in [1.807, 2.05) is 64.1 Å². The first-order chi connectivity index (χ1) is 18.1. The van der Waals surface area contributed by atoms with Crippen LogP contribution in [0.4, 0.5) is 0 Å². The van der Waals surface area contributed by atoms with Crippen LogP contribution in [-0.2, 0) is 20.9 Å². The molecule has 0 heterocycles. The number of hydrogen-bond donors (Lipinski definition) is 3. The second-order valence-corrected chi connectivity index (χ2v) is 10.6. The molecule has 2 aromatic carbocycles. The van der Waals surface area contributed by atoms with E-state index in [1.54, 1.807) is 7.11 Å². The third-order valence-electron chi connectivity index (χ3n) is 7.16. The fourth-order valence-corrected chi connectivity index (χ4v) is 4.32. The molecule has 0 bridgehead atoms. The molecule has 0 aliphatic heterocycles. The molecule has 5 atom stereocenters. The number of aliphatic hydroxyl groups is 1. The first-order valence-corrected chi connectivity index (χ1v) is 13.7. The van der Waals surface area contributed by atoms with Crippen LogP contribution in [0.2, 0.25) is 0 Å². The number of benzene rings is 2. The summed E-state index contributed by atoms with van der Waals surface area (Å²) < 4.78 is 16.8. The van der Waals surface area contributed by atoms with Crippen LogP contribution in [0.3, 0.4) is 0 Å². The van der Waals surface area contributed by atoms with Crippen molar-refractivity contribution in [3.8, 4) is 5.75 Å². The summed E-state index contributed by atoms with van der Waals surface area (Å²) in [6, 6.07) is 15.5. The Bertz CT molecular complexity index is 953. The lowest BCUT2D eigenvalue weighted by molar-refractivity contribution is -0.128. The number of nitrogens with two attached hydrogens (primary N) is 1. The zero-order valence-electron chi connectivity index (χ0n) is 24.0. The number of rotatable bonds is 17. The molecule has 212 valence electrons. The fraction of sp³-hybridized carbons (Fsp3) is 0.581. The summed E-state index contributed by atoms with van der Waals surface area (Å²) >= 11 is 0. The minimum atomic E-state index is -0.854. The predicted octanol–water partition coefficient (Wildman–Crippen LogP) is 4.59. The Morgan fingerprint density at radius 1 is 1.05 bits per heavy atom. The molecule has 7 nitrogen and oxygen atoms in total. The van der Waals surface area contributed by atoms with Gasteiger partial charge in [0, 0.05) is 38.0 Å². The molecule has 1 amide bonds. The van der Waals surface area contributed by atoms with Gasteiger partial charge < -0.3 is 30.4 Å². The van der Waals surface area contributed by atoms with Crippen LogP contribution in [0.1, 0.15) is 63.1 Å². The summed E-state index contributed by atoms with van der Waals surface area (Å²) in [5.74, 6) is 0.656. The highest BCUT2D eigenvalue weighted by Crippen LogP contribution is 2.23. The molecule has 38 heavy (non-hydrogen) atoms. The van der Waals surface area contributed by atoms with Gasteiger partial charge in [-0.3, -0.25) is 4.79 Å². The molecular weight excluding hydrogens is 480 g/mol. The van der Waals surface area contributed by atoms with Gasteiger partial charge in [0.2, 0.25) is 5.91 Å². The van der Waals surface area contributed by atoms with Crippen molar-refractivity contribution >= 4 is 5.91 Å². The molecule has 0 fully saturated rings. The van der Waals surface area contributed by atoms with Crippen molar-refractivity contribution in [3.05, 3.63) is 65.2 Å². The van der Waals surface area contributed by atoms with Crippen LogP contribution in [0.5, 0.6) is 5.75 Å². The van der Waals surface area contributed by atoms with Crippen molar-refractivity contribution in [2.24, 2.45) is 17.6 Å². The number of nitrogens with one attached hydrogen (secondary N) is 1. The quantitative estimate of drug-likeness (QED) is 0.260. The van der Waals surface area contributed by atoms with E-state index in [-0.39, 0.29) is 42.7 Å². The average Bonchev–Trinajstić information content (AvgIpc) is 2.90. The molecule has 0 aliphatic rings. The Hall–Kier alpha value is -2.45. The monoisotopic (exact) mass is 528 g/mol. The van der Waals surface area contributed by atoms with Gasteiger partial charge in [-0.25, -0.2) is 0 Å². The summed E-state index contributed by atoms with van der Waals surface area (Å²) in [4.78, 5) is 13.1. The van der Waals surface area contributed by atoms with Gasteiger partial charge in [0.1, 0.15) is 5.75 Å². The average molecular weight is 529 g/mol. The summed E-state index contributed by atoms with van der Waals surface area (Å²) in [6.45, 7) is 11.9. The van der Waals surface area contributed by atoms with Gasteiger partial charge in [0.05, 0.1) is 32.0 Å². The highest BCUT2D eigenvalue weighted by molar-refractivity contribution is 5.79. The SMILES string of the molecule is COCCCOc1cc(COC[C@H](N)[C@@H](O)C[C@H](C(=O)N[C@@H](C)[C@H](C)c2ccccc2)C(C)C)ccc1C. The molecule has 2 aromatic rings. The zero-order valence-corrected chi connectivity index (χ0v) is 24.0. The van der Waals surface area contributed by atoms with Gasteiger partial charge >= 0.3 is 0 Å². The van der Waals surface area contributed by atoms with Crippen molar-refractivity contribution in [1.29, 1.82) is 0 Å². The molecule has 0 radical (unpaired) electrons. The van der Waals surface area contributed by atoms with Gasteiger partial charge in [-0.15, -0.1) is 0 Å². The fourth-order valence-electron chi connectivity index (χ4n) is 4.32. The van der Waals surface area contributed by atoms with Gasteiger partial charge in [-0.1, -0.05) is 63.2 Å². The number of carbonyl (C=O) groups is 1. The Morgan fingerprint density at radius 3 is 2.42 bits per heavy atom. The second kappa shape index (κ2) is 16.5. The minimum absolute atomic E-state index is 0.0383. The third-order valence-corrected chi connectivity index (χ3v) is 7.16. The summed E-state index contributed by atoms with van der Waals surface area (Å²) in [5.41, 5.74) is 9.47. The van der Waals surface area contributed by atoms with Crippen LogP contribution in [0.15, 0.2) is 48.5 Å². The molecular formula is C31H48N2O5. The number of methoxy groups -OCH3 is 1. The summed E-state index contributed by atoms with van der Waals surface area (Å²) in [7, 11) is 1.68. The highest BCUT2D eigenvalue weighted by atomic mass is 16.5. The molecule has 7 heteroatoms. The topological polar surface area (TPSA) is 103 Å². The summed E-state index contributed by atoms with van der Waals surface area (Å²) in [5, 5.41) is 14.0. The van der Waals surface area contributed by atoms with E-state index >= 15 is 0 Å². The normalized spacial score (nSPS) is 15.5. The van der Waals surface area contributed by atoms with Crippen molar-refractivity contribution in [2.45, 2.75) is 78.2 Å². The Balaban J connectivity index is 1.85. The zero-order chi connectivity index (χ0) is 28.1. The molecule has 0 saturated carbocycles. The van der Waals surface area contributed by atoms with E-state index in [1.165, 1.54) is 5.56 Å². The predicted molar refractivity (Wildman–Crippen MR) is 152 cm³/mol. The molecule has 0 aromatic heterocycles. The van der Waals surface area contributed by atoms with E-state index < -0.39 is 12.1 Å². The third kappa shape index (κ3) is 10.4. The smallest absolute Gasteiger partial charge is 0.223 e. The first kappa shape index (κ1) is 31.8. The maximum Gasteiger partial charge on any atom is 0.223 e. The minimum Gasteiger partial charge on any atom is -0.493 e. The van der Waals surface area contributed by atoms with Crippen LogP contribution < -0.4 is 15.8 Å². The molecule has 0 saturated heterocycles. The van der Waals surface area contributed by atoms with Crippen molar-refractivity contribution < 1.29 is 24.1 Å². The molecule has 0 aliphatic carbocycles. The standard InChI is InChI=1S/C31H48N2O5/c1-21(2)27(31(35)33-24(5)23(4)26-11-8-7-9-12-26)18-29(34)28(32)20-37-19-25-14-13-22(3)30(17-25)38-16-10-15-36-6/h7-9,11-14,17,21,23-24,27-29,34H,10,15-16,18-20,32H2,1-6H3,(H,33,35)/t23-,24-,27-,28-,29-/m0/s1. The lowest BCUT2D eigenvalue weighted by Crippen LogP contribution is -2.45. The largest absolute Gasteiger partial charge is 0.493 e. The van der Waals surface area contributed by atoms with Gasteiger partial charge in [0.25, 0.3) is 0 Å². The van der Waals surface area contributed by atoms with E-state index in [9.17, 15) is 9.90 Å². The molecule has 0 spiro atoms. The number of ether oxygens (including phenoxy) is 3. The molecule has 0 unspecified atom stereocenters. The highest BCUT2D eigenvalue weighted by Gasteiger charge is 2.29. The van der Waals surface area contributed by atoms with Crippen molar-refractivity contribution in [2.75, 3.05) is 26.9 Å². The summed E-state index contributed by atoms with van der Waals surface area (Å²) in [6.07, 6.45) is 0.251. The Labute approximate surface area is 229 Å². The number of aliphatic hydroxyl groups excluding tert-OH is 1. The van der Waals surface area contributed by atoms with Gasteiger partial charge in [0.15, 0.2) is 0 Å². The Kier molecular flexibility index (Phi) is 13.8. The first-order valence-electron chi connectivity index (χ1n) is 13.7. The Morgan fingerprint density at radius 2 is 1.76 bits per heavy atom. The van der Waals surface area contributed by atoms with Crippen molar-refractivity contribution in [3.63, 3.8) is 0 Å².